The maximum atomic E-state index is 11.0. The Kier molecular flexibility index (Phi) is 4.15. The van der Waals surface area contributed by atoms with E-state index in [1.807, 2.05) is 39.0 Å². The van der Waals surface area contributed by atoms with Crippen LogP contribution < -0.4 is 4.74 Å². The van der Waals surface area contributed by atoms with Crippen molar-refractivity contribution in [3.05, 3.63) is 29.3 Å². The van der Waals surface area contributed by atoms with E-state index in [4.69, 9.17) is 16.3 Å². The summed E-state index contributed by atoms with van der Waals surface area (Å²) in [6.45, 7) is 5.84. The Morgan fingerprint density at radius 2 is 2.13 bits per heavy atom. The Hall–Kier alpha value is -1.02. The minimum atomic E-state index is -0.548. The molecule has 1 atom stereocenters. The molecule has 0 radical (unpaired) electrons. The summed E-state index contributed by atoms with van der Waals surface area (Å²) < 4.78 is 5.53. The fourth-order valence-electron chi connectivity index (χ4n) is 1.37. The molecule has 0 aliphatic carbocycles. The maximum absolute atomic E-state index is 11.0. The van der Waals surface area contributed by atoms with Crippen molar-refractivity contribution in [3.63, 3.8) is 0 Å². The zero-order valence-corrected chi connectivity index (χ0v) is 9.97. The summed E-state index contributed by atoms with van der Waals surface area (Å²) in [7, 11) is 0. The summed E-state index contributed by atoms with van der Waals surface area (Å²) in [6, 6.07) is 5.83. The molecule has 0 saturated carbocycles. The SMILES string of the molecule is CCC(Oc1ccc(C)cc1C)C(=O)Cl. The number of hydrogen-bond acceptors (Lipinski definition) is 2. The van der Waals surface area contributed by atoms with Crippen LogP contribution in [0.1, 0.15) is 24.5 Å². The number of rotatable bonds is 4. The van der Waals surface area contributed by atoms with Crippen LogP contribution in [0.3, 0.4) is 0 Å². The average Bonchev–Trinajstić information content (AvgIpc) is 2.16. The van der Waals surface area contributed by atoms with Gasteiger partial charge in [0.05, 0.1) is 0 Å². The highest BCUT2D eigenvalue weighted by atomic mass is 35.5. The summed E-state index contributed by atoms with van der Waals surface area (Å²) in [6.07, 6.45) is 0.0309. The molecule has 0 saturated heterocycles. The van der Waals surface area contributed by atoms with E-state index < -0.39 is 11.3 Å². The van der Waals surface area contributed by atoms with Crippen molar-refractivity contribution >= 4 is 16.8 Å². The van der Waals surface area contributed by atoms with Crippen LogP contribution in [0.25, 0.3) is 0 Å². The molecule has 0 bridgehead atoms. The van der Waals surface area contributed by atoms with E-state index >= 15 is 0 Å². The summed E-state index contributed by atoms with van der Waals surface area (Å²) in [5.74, 6) is 0.724. The van der Waals surface area contributed by atoms with Gasteiger partial charge in [-0.05, 0) is 43.5 Å². The van der Waals surface area contributed by atoms with Crippen LogP contribution in [0.4, 0.5) is 0 Å². The Labute approximate surface area is 95.2 Å². The molecule has 0 N–H and O–H groups in total. The van der Waals surface area contributed by atoms with E-state index in [0.29, 0.717) is 6.42 Å². The van der Waals surface area contributed by atoms with E-state index in [-0.39, 0.29) is 0 Å². The molecular weight excluding hydrogens is 212 g/mol. The zero-order chi connectivity index (χ0) is 11.4. The molecule has 0 fully saturated rings. The van der Waals surface area contributed by atoms with Gasteiger partial charge in [-0.1, -0.05) is 24.6 Å². The first-order valence-corrected chi connectivity index (χ1v) is 5.35. The largest absolute Gasteiger partial charge is 0.481 e. The van der Waals surface area contributed by atoms with E-state index in [9.17, 15) is 4.79 Å². The standard InChI is InChI=1S/C12H15ClO2/c1-4-10(12(13)14)15-11-6-5-8(2)7-9(11)3/h5-7,10H,4H2,1-3H3. The summed E-state index contributed by atoms with van der Waals surface area (Å²) in [5, 5.41) is -0.447. The number of carbonyl (C=O) groups excluding carboxylic acids is 1. The number of ether oxygens (including phenoxy) is 1. The smallest absolute Gasteiger partial charge is 0.262 e. The van der Waals surface area contributed by atoms with Crippen LogP contribution in [0.5, 0.6) is 5.75 Å². The lowest BCUT2D eigenvalue weighted by Gasteiger charge is -2.15. The Balaban J connectivity index is 2.84. The maximum Gasteiger partial charge on any atom is 0.262 e. The molecule has 2 nitrogen and oxygen atoms in total. The van der Waals surface area contributed by atoms with Crippen LogP contribution in [-0.4, -0.2) is 11.3 Å². The van der Waals surface area contributed by atoms with Gasteiger partial charge in [0.1, 0.15) is 5.75 Å². The topological polar surface area (TPSA) is 26.3 Å². The predicted octanol–water partition coefficient (Wildman–Crippen LogP) is 3.23. The van der Waals surface area contributed by atoms with Crippen molar-refractivity contribution in [2.24, 2.45) is 0 Å². The van der Waals surface area contributed by atoms with Crippen molar-refractivity contribution in [3.8, 4) is 5.75 Å². The van der Waals surface area contributed by atoms with Gasteiger partial charge in [-0.2, -0.15) is 0 Å². The van der Waals surface area contributed by atoms with Gasteiger partial charge < -0.3 is 4.74 Å². The van der Waals surface area contributed by atoms with Crippen LogP contribution in [0.15, 0.2) is 18.2 Å². The molecular formula is C12H15ClO2. The monoisotopic (exact) mass is 226 g/mol. The van der Waals surface area contributed by atoms with Crippen molar-refractivity contribution in [2.45, 2.75) is 33.3 Å². The summed E-state index contributed by atoms with van der Waals surface area (Å²) in [5.41, 5.74) is 2.19. The van der Waals surface area contributed by atoms with E-state index in [1.54, 1.807) is 0 Å². The first kappa shape index (κ1) is 12.1. The molecule has 0 heterocycles. The highest BCUT2D eigenvalue weighted by Gasteiger charge is 2.16. The molecule has 1 aromatic rings. The molecule has 1 rings (SSSR count). The summed E-state index contributed by atoms with van der Waals surface area (Å²) in [4.78, 5) is 11.0. The van der Waals surface area contributed by atoms with Gasteiger partial charge in [-0.25, -0.2) is 0 Å². The van der Waals surface area contributed by atoms with Crippen LogP contribution in [0.2, 0.25) is 0 Å². The fourth-order valence-corrected chi connectivity index (χ4v) is 1.57. The van der Waals surface area contributed by atoms with Crippen LogP contribution in [-0.2, 0) is 4.79 Å². The van der Waals surface area contributed by atoms with Gasteiger partial charge in [-0.3, -0.25) is 4.79 Å². The van der Waals surface area contributed by atoms with Crippen molar-refractivity contribution in [1.29, 1.82) is 0 Å². The highest BCUT2D eigenvalue weighted by molar-refractivity contribution is 6.64. The van der Waals surface area contributed by atoms with Gasteiger partial charge in [0.2, 0.25) is 0 Å². The third-order valence-electron chi connectivity index (χ3n) is 2.22. The molecule has 3 heteroatoms. The minimum absolute atomic E-state index is 0.447. The lowest BCUT2D eigenvalue weighted by molar-refractivity contribution is -0.117. The molecule has 0 amide bonds. The van der Waals surface area contributed by atoms with E-state index in [2.05, 4.69) is 0 Å². The normalized spacial score (nSPS) is 12.3. The molecule has 0 aliphatic rings. The lowest BCUT2D eigenvalue weighted by atomic mass is 10.1. The number of carbonyl (C=O) groups is 1. The Bertz CT molecular complexity index is 361. The first-order valence-electron chi connectivity index (χ1n) is 4.97. The predicted molar refractivity (Wildman–Crippen MR) is 61.5 cm³/mol. The number of hydrogen-bond donors (Lipinski definition) is 0. The first-order chi connectivity index (χ1) is 7.04. The average molecular weight is 227 g/mol. The third-order valence-corrected chi connectivity index (χ3v) is 2.47. The minimum Gasteiger partial charge on any atom is -0.481 e. The van der Waals surface area contributed by atoms with Crippen molar-refractivity contribution in [1.82, 2.24) is 0 Å². The molecule has 15 heavy (non-hydrogen) atoms. The molecule has 1 aromatic carbocycles. The molecule has 0 aliphatic heterocycles. The van der Waals surface area contributed by atoms with Gasteiger partial charge >= 0.3 is 0 Å². The number of benzene rings is 1. The van der Waals surface area contributed by atoms with E-state index in [0.717, 1.165) is 11.3 Å². The van der Waals surface area contributed by atoms with Gasteiger partial charge in [0.25, 0.3) is 5.24 Å². The summed E-state index contributed by atoms with van der Waals surface area (Å²) >= 11 is 5.41. The Morgan fingerprint density at radius 3 is 2.60 bits per heavy atom. The van der Waals surface area contributed by atoms with E-state index in [1.165, 1.54) is 5.56 Å². The van der Waals surface area contributed by atoms with Crippen LogP contribution in [0, 0.1) is 13.8 Å². The third kappa shape index (κ3) is 3.24. The second kappa shape index (κ2) is 5.17. The second-order valence-electron chi connectivity index (χ2n) is 3.59. The lowest BCUT2D eigenvalue weighted by Crippen LogP contribution is -2.22. The highest BCUT2D eigenvalue weighted by Crippen LogP contribution is 2.21. The number of aryl methyl sites for hydroxylation is 2. The van der Waals surface area contributed by atoms with Gasteiger partial charge in [0.15, 0.2) is 6.10 Å². The van der Waals surface area contributed by atoms with Gasteiger partial charge in [0, 0.05) is 0 Å². The van der Waals surface area contributed by atoms with Crippen molar-refractivity contribution in [2.75, 3.05) is 0 Å². The van der Waals surface area contributed by atoms with Gasteiger partial charge in [-0.15, -0.1) is 0 Å². The second-order valence-corrected chi connectivity index (χ2v) is 3.96. The quantitative estimate of drug-likeness (QED) is 0.737. The fraction of sp³-hybridized carbons (Fsp3) is 0.417. The molecule has 0 aromatic heterocycles. The number of halogens is 1. The molecule has 82 valence electrons. The van der Waals surface area contributed by atoms with Crippen LogP contribution >= 0.6 is 11.6 Å². The molecule has 1 unspecified atom stereocenters. The Morgan fingerprint density at radius 1 is 1.47 bits per heavy atom. The zero-order valence-electron chi connectivity index (χ0n) is 9.21. The van der Waals surface area contributed by atoms with Crippen molar-refractivity contribution < 1.29 is 9.53 Å². The molecule has 0 spiro atoms.